The lowest BCUT2D eigenvalue weighted by atomic mass is 10.1. The van der Waals surface area contributed by atoms with Crippen molar-refractivity contribution < 1.29 is 0 Å². The Hall–Kier alpha value is -1.61. The van der Waals surface area contributed by atoms with Gasteiger partial charge in [0.2, 0.25) is 0 Å². The van der Waals surface area contributed by atoms with E-state index in [2.05, 4.69) is 46.1 Å². The molecule has 0 spiro atoms. The Bertz CT molecular complexity index is 510. The molecule has 1 aromatic heterocycles. The number of nitrogens with one attached hydrogen (secondary N) is 1. The molecule has 0 bridgehead atoms. The molecule has 0 saturated carbocycles. The Balaban J connectivity index is 2.04. The van der Waals surface area contributed by atoms with Crippen molar-refractivity contribution in [2.75, 3.05) is 6.54 Å². The van der Waals surface area contributed by atoms with Crippen molar-refractivity contribution in [2.24, 2.45) is 0 Å². The lowest BCUT2D eigenvalue weighted by molar-refractivity contribution is 0.615. The van der Waals surface area contributed by atoms with Crippen LogP contribution in [0.1, 0.15) is 30.1 Å². The highest BCUT2D eigenvalue weighted by molar-refractivity contribution is 5.41. The van der Waals surface area contributed by atoms with Gasteiger partial charge in [0.25, 0.3) is 0 Å². The molecule has 3 nitrogen and oxygen atoms in total. The maximum atomic E-state index is 4.31. The maximum Gasteiger partial charge on any atom is 0.0994 e. The van der Waals surface area contributed by atoms with Gasteiger partial charge in [0.1, 0.15) is 0 Å². The largest absolute Gasteiger partial charge is 0.309 e. The monoisotopic (exact) mass is 227 g/mol. The first kappa shape index (κ1) is 10.5. The Kier molecular flexibility index (Phi) is 2.69. The van der Waals surface area contributed by atoms with Crippen LogP contribution in [-0.2, 0) is 0 Å². The molecule has 0 unspecified atom stereocenters. The minimum absolute atomic E-state index is 0.456. The van der Waals surface area contributed by atoms with Crippen LogP contribution >= 0.6 is 0 Å². The number of para-hydroxylation sites is 1. The number of aryl methyl sites for hydroxylation is 1. The molecular formula is C14H17N3. The van der Waals surface area contributed by atoms with Gasteiger partial charge in [0, 0.05) is 11.7 Å². The van der Waals surface area contributed by atoms with Crippen LogP contribution in [0.4, 0.5) is 0 Å². The molecular weight excluding hydrogens is 210 g/mol. The van der Waals surface area contributed by atoms with Crippen LogP contribution in [0.25, 0.3) is 5.69 Å². The van der Waals surface area contributed by atoms with Gasteiger partial charge in [-0.15, -0.1) is 0 Å². The predicted molar refractivity (Wildman–Crippen MR) is 68.3 cm³/mol. The normalized spacial score (nSPS) is 19.7. The van der Waals surface area contributed by atoms with E-state index in [1.165, 1.54) is 29.8 Å². The highest BCUT2D eigenvalue weighted by Crippen LogP contribution is 2.25. The Labute approximate surface area is 101 Å². The summed E-state index contributed by atoms with van der Waals surface area (Å²) in [6.07, 6.45) is 6.36. The molecule has 1 aromatic carbocycles. The third kappa shape index (κ3) is 1.87. The van der Waals surface area contributed by atoms with E-state index in [-0.39, 0.29) is 0 Å². The van der Waals surface area contributed by atoms with Crippen LogP contribution in [0.3, 0.4) is 0 Å². The van der Waals surface area contributed by atoms with E-state index in [0.717, 1.165) is 6.54 Å². The average Bonchev–Trinajstić information content (AvgIpc) is 3.00. The van der Waals surface area contributed by atoms with Crippen LogP contribution < -0.4 is 5.32 Å². The predicted octanol–water partition coefficient (Wildman–Crippen LogP) is 2.61. The van der Waals surface area contributed by atoms with Crippen molar-refractivity contribution in [2.45, 2.75) is 25.8 Å². The maximum absolute atomic E-state index is 4.31. The summed E-state index contributed by atoms with van der Waals surface area (Å²) in [5.41, 5.74) is 3.79. The SMILES string of the molecule is Cc1ccccc1-n1cncc1[C@@H]1CCCN1. The first-order valence-electron chi connectivity index (χ1n) is 6.18. The van der Waals surface area contributed by atoms with E-state index < -0.39 is 0 Å². The van der Waals surface area contributed by atoms with Gasteiger partial charge in [-0.25, -0.2) is 4.98 Å². The summed E-state index contributed by atoms with van der Waals surface area (Å²) in [4.78, 5) is 4.31. The number of rotatable bonds is 2. The first-order chi connectivity index (χ1) is 8.36. The third-order valence-electron chi connectivity index (χ3n) is 3.46. The molecule has 3 heteroatoms. The van der Waals surface area contributed by atoms with Gasteiger partial charge < -0.3 is 9.88 Å². The molecule has 1 aliphatic rings. The second-order valence-electron chi connectivity index (χ2n) is 4.62. The highest BCUT2D eigenvalue weighted by Gasteiger charge is 2.20. The van der Waals surface area contributed by atoms with E-state index in [9.17, 15) is 0 Å². The molecule has 0 amide bonds. The minimum Gasteiger partial charge on any atom is -0.309 e. The summed E-state index contributed by atoms with van der Waals surface area (Å²) in [5.74, 6) is 0. The number of hydrogen-bond acceptors (Lipinski definition) is 2. The fourth-order valence-electron chi connectivity index (χ4n) is 2.54. The highest BCUT2D eigenvalue weighted by atomic mass is 15.1. The Morgan fingerprint density at radius 1 is 1.35 bits per heavy atom. The van der Waals surface area contributed by atoms with Crippen LogP contribution in [0.2, 0.25) is 0 Å². The van der Waals surface area contributed by atoms with Crippen molar-refractivity contribution >= 4 is 0 Å². The molecule has 2 heterocycles. The zero-order valence-electron chi connectivity index (χ0n) is 10.1. The van der Waals surface area contributed by atoms with Crippen molar-refractivity contribution in [3.63, 3.8) is 0 Å². The van der Waals surface area contributed by atoms with Gasteiger partial charge in [0.05, 0.1) is 18.2 Å². The van der Waals surface area contributed by atoms with E-state index in [1.807, 2.05) is 12.5 Å². The summed E-state index contributed by atoms with van der Waals surface area (Å²) in [7, 11) is 0. The molecule has 17 heavy (non-hydrogen) atoms. The molecule has 1 fully saturated rings. The second-order valence-corrected chi connectivity index (χ2v) is 4.62. The summed E-state index contributed by atoms with van der Waals surface area (Å²) >= 11 is 0. The molecule has 1 N–H and O–H groups in total. The van der Waals surface area contributed by atoms with Crippen LogP contribution in [-0.4, -0.2) is 16.1 Å². The Morgan fingerprint density at radius 2 is 2.24 bits per heavy atom. The quantitative estimate of drug-likeness (QED) is 0.854. The summed E-state index contributed by atoms with van der Waals surface area (Å²) in [6, 6.07) is 8.89. The summed E-state index contributed by atoms with van der Waals surface area (Å²) in [6.45, 7) is 3.25. The number of aromatic nitrogens is 2. The second kappa shape index (κ2) is 4.34. The Morgan fingerprint density at radius 3 is 3.00 bits per heavy atom. The van der Waals surface area contributed by atoms with Gasteiger partial charge in [-0.3, -0.25) is 0 Å². The fraction of sp³-hybridized carbons (Fsp3) is 0.357. The average molecular weight is 227 g/mol. The van der Waals surface area contributed by atoms with E-state index in [0.29, 0.717) is 6.04 Å². The van der Waals surface area contributed by atoms with Crippen molar-refractivity contribution in [3.8, 4) is 5.69 Å². The van der Waals surface area contributed by atoms with Crippen LogP contribution in [0.5, 0.6) is 0 Å². The first-order valence-corrected chi connectivity index (χ1v) is 6.18. The van der Waals surface area contributed by atoms with Crippen LogP contribution in [0, 0.1) is 6.92 Å². The zero-order chi connectivity index (χ0) is 11.7. The van der Waals surface area contributed by atoms with E-state index in [4.69, 9.17) is 0 Å². The molecule has 1 aliphatic heterocycles. The van der Waals surface area contributed by atoms with E-state index >= 15 is 0 Å². The molecule has 2 aromatic rings. The number of imidazole rings is 1. The minimum atomic E-state index is 0.456. The van der Waals surface area contributed by atoms with Crippen molar-refractivity contribution in [1.82, 2.24) is 14.9 Å². The smallest absolute Gasteiger partial charge is 0.0994 e. The van der Waals surface area contributed by atoms with Crippen LogP contribution in [0.15, 0.2) is 36.8 Å². The summed E-state index contributed by atoms with van der Waals surface area (Å²) < 4.78 is 2.21. The van der Waals surface area contributed by atoms with Gasteiger partial charge in [-0.1, -0.05) is 18.2 Å². The number of hydrogen-bond donors (Lipinski definition) is 1. The molecule has 0 radical (unpaired) electrons. The molecule has 1 saturated heterocycles. The lowest BCUT2D eigenvalue weighted by Crippen LogP contribution is -2.16. The zero-order valence-corrected chi connectivity index (χ0v) is 10.1. The van der Waals surface area contributed by atoms with Crippen molar-refractivity contribution in [1.29, 1.82) is 0 Å². The number of benzene rings is 1. The standard InChI is InChI=1S/C14H17N3/c1-11-5-2-3-7-13(11)17-10-15-9-14(17)12-6-4-8-16-12/h2-3,5,7,9-10,12,16H,4,6,8H2,1H3/t12-/m0/s1. The van der Waals surface area contributed by atoms with Gasteiger partial charge in [-0.2, -0.15) is 0 Å². The number of nitrogens with zero attached hydrogens (tertiary/aromatic N) is 2. The molecule has 1 atom stereocenters. The van der Waals surface area contributed by atoms with Crippen molar-refractivity contribution in [3.05, 3.63) is 48.0 Å². The third-order valence-corrected chi connectivity index (χ3v) is 3.46. The van der Waals surface area contributed by atoms with E-state index in [1.54, 1.807) is 0 Å². The summed E-state index contributed by atoms with van der Waals surface area (Å²) in [5, 5.41) is 3.53. The lowest BCUT2D eigenvalue weighted by Gasteiger charge is -2.15. The fourth-order valence-corrected chi connectivity index (χ4v) is 2.54. The molecule has 88 valence electrons. The topological polar surface area (TPSA) is 29.9 Å². The van der Waals surface area contributed by atoms with Gasteiger partial charge >= 0.3 is 0 Å². The van der Waals surface area contributed by atoms with Gasteiger partial charge in [0.15, 0.2) is 0 Å². The molecule has 3 rings (SSSR count). The molecule has 0 aliphatic carbocycles. The van der Waals surface area contributed by atoms with Gasteiger partial charge in [-0.05, 0) is 37.9 Å².